The summed E-state index contributed by atoms with van der Waals surface area (Å²) in [5, 5.41) is 4.24. The molecule has 6 nitrogen and oxygen atoms in total. The van der Waals surface area contributed by atoms with Crippen LogP contribution in [0.15, 0.2) is 85.3 Å². The fraction of sp³-hybridized carbons (Fsp3) is 0.0769. The Hall–Kier alpha value is -4.39. The third-order valence-corrected chi connectivity index (χ3v) is 5.22. The molecule has 0 spiro atoms. The van der Waals surface area contributed by atoms with Crippen LogP contribution < -0.4 is 10.1 Å². The van der Waals surface area contributed by atoms with Gasteiger partial charge in [0.15, 0.2) is 5.82 Å². The van der Waals surface area contributed by atoms with E-state index in [0.29, 0.717) is 29.5 Å². The molecule has 1 N–H and O–H groups in total. The van der Waals surface area contributed by atoms with Crippen LogP contribution >= 0.6 is 0 Å². The van der Waals surface area contributed by atoms with Gasteiger partial charge in [-0.3, -0.25) is 9.97 Å². The normalized spacial score (nSPS) is 10.8. The first kappa shape index (κ1) is 20.5. The fourth-order valence-electron chi connectivity index (χ4n) is 3.59. The second kappa shape index (κ2) is 9.00. The van der Waals surface area contributed by atoms with E-state index in [9.17, 15) is 4.39 Å². The van der Waals surface area contributed by atoms with Crippen LogP contribution in [0.25, 0.3) is 33.4 Å². The molecule has 0 fully saturated rings. The van der Waals surface area contributed by atoms with Crippen molar-refractivity contribution in [2.24, 2.45) is 0 Å². The molecule has 3 heterocycles. The molecule has 33 heavy (non-hydrogen) atoms. The van der Waals surface area contributed by atoms with Gasteiger partial charge in [0, 0.05) is 35.6 Å². The van der Waals surface area contributed by atoms with Crippen molar-refractivity contribution in [1.29, 1.82) is 0 Å². The molecular formula is C26H20FN5O. The number of rotatable bonds is 6. The minimum atomic E-state index is -0.360. The zero-order valence-corrected chi connectivity index (χ0v) is 17.9. The predicted molar refractivity (Wildman–Crippen MR) is 126 cm³/mol. The van der Waals surface area contributed by atoms with E-state index in [1.54, 1.807) is 24.7 Å². The molecule has 0 saturated carbocycles. The molecule has 0 bridgehead atoms. The number of benzene rings is 2. The fourth-order valence-corrected chi connectivity index (χ4v) is 3.59. The largest absolute Gasteiger partial charge is 0.497 e. The van der Waals surface area contributed by atoms with E-state index in [-0.39, 0.29) is 5.82 Å². The van der Waals surface area contributed by atoms with Gasteiger partial charge in [-0.05, 0) is 59.7 Å². The summed E-state index contributed by atoms with van der Waals surface area (Å²) in [6, 6.07) is 20.0. The molecule has 162 valence electrons. The topological polar surface area (TPSA) is 72.8 Å². The SMILES string of the molecule is COc1cc(F)cc(-c2ccc3c(NCc4ccccn4)nc(-c4cccnc4)nc3c2)c1. The molecule has 0 aliphatic carbocycles. The third-order valence-electron chi connectivity index (χ3n) is 5.22. The predicted octanol–water partition coefficient (Wildman–Crippen LogP) is 5.51. The summed E-state index contributed by atoms with van der Waals surface area (Å²) in [5.74, 6) is 1.34. The zero-order chi connectivity index (χ0) is 22.6. The van der Waals surface area contributed by atoms with Crippen LogP contribution in [0.3, 0.4) is 0 Å². The van der Waals surface area contributed by atoms with Crippen LogP contribution in [0.2, 0.25) is 0 Å². The van der Waals surface area contributed by atoms with Gasteiger partial charge in [-0.1, -0.05) is 12.1 Å². The molecule has 0 radical (unpaired) electrons. The van der Waals surface area contributed by atoms with E-state index < -0.39 is 0 Å². The molecule has 0 aliphatic heterocycles. The highest BCUT2D eigenvalue weighted by Gasteiger charge is 2.12. The number of pyridine rings is 2. The number of hydrogen-bond acceptors (Lipinski definition) is 6. The lowest BCUT2D eigenvalue weighted by Crippen LogP contribution is -2.05. The molecule has 0 aliphatic rings. The number of aromatic nitrogens is 4. The maximum Gasteiger partial charge on any atom is 0.163 e. The van der Waals surface area contributed by atoms with Crippen LogP contribution in [-0.2, 0) is 6.54 Å². The third kappa shape index (κ3) is 4.48. The zero-order valence-electron chi connectivity index (χ0n) is 17.9. The summed E-state index contributed by atoms with van der Waals surface area (Å²) in [5.41, 5.74) is 3.96. The van der Waals surface area contributed by atoms with Crippen molar-refractivity contribution in [3.05, 3.63) is 96.8 Å². The summed E-state index contributed by atoms with van der Waals surface area (Å²) < 4.78 is 19.3. The van der Waals surface area contributed by atoms with Gasteiger partial charge in [0.25, 0.3) is 0 Å². The smallest absolute Gasteiger partial charge is 0.163 e. The Kier molecular flexibility index (Phi) is 5.59. The molecule has 0 unspecified atom stereocenters. The van der Waals surface area contributed by atoms with Crippen LogP contribution in [0.4, 0.5) is 10.2 Å². The average Bonchev–Trinajstić information content (AvgIpc) is 2.87. The molecule has 5 aromatic rings. The Morgan fingerprint density at radius 1 is 0.879 bits per heavy atom. The quantitative estimate of drug-likeness (QED) is 0.377. The molecule has 5 rings (SSSR count). The maximum atomic E-state index is 14.1. The number of halogens is 1. The standard InChI is InChI=1S/C26H20FN5O/c1-33-22-12-19(11-20(27)14-22)17-7-8-23-24(13-17)31-25(18-5-4-9-28-15-18)32-26(23)30-16-21-6-2-3-10-29-21/h2-15H,16H2,1H3,(H,30,31,32). The number of hydrogen-bond donors (Lipinski definition) is 1. The van der Waals surface area contributed by atoms with Crippen molar-refractivity contribution in [2.45, 2.75) is 6.54 Å². The molecule has 2 aromatic carbocycles. The Bertz CT molecular complexity index is 1410. The van der Waals surface area contributed by atoms with Crippen molar-refractivity contribution in [2.75, 3.05) is 12.4 Å². The summed E-state index contributed by atoms with van der Waals surface area (Å²) >= 11 is 0. The van der Waals surface area contributed by atoms with Crippen molar-refractivity contribution in [3.8, 4) is 28.3 Å². The first-order valence-electron chi connectivity index (χ1n) is 10.4. The number of ether oxygens (including phenoxy) is 1. The number of anilines is 1. The number of nitrogens with zero attached hydrogens (tertiary/aromatic N) is 4. The van der Waals surface area contributed by atoms with Gasteiger partial charge in [0.1, 0.15) is 17.4 Å². The summed E-state index contributed by atoms with van der Waals surface area (Å²) in [7, 11) is 1.52. The van der Waals surface area contributed by atoms with E-state index in [1.165, 1.54) is 19.2 Å². The number of fused-ring (bicyclic) bond motifs is 1. The minimum Gasteiger partial charge on any atom is -0.497 e. The van der Waals surface area contributed by atoms with Crippen LogP contribution in [0, 0.1) is 5.82 Å². The van der Waals surface area contributed by atoms with E-state index in [4.69, 9.17) is 14.7 Å². The second-order valence-corrected chi connectivity index (χ2v) is 7.42. The number of nitrogens with one attached hydrogen (secondary N) is 1. The second-order valence-electron chi connectivity index (χ2n) is 7.42. The number of methoxy groups -OCH3 is 1. The Morgan fingerprint density at radius 3 is 2.61 bits per heavy atom. The highest BCUT2D eigenvalue weighted by molar-refractivity contribution is 5.93. The lowest BCUT2D eigenvalue weighted by atomic mass is 10.0. The summed E-state index contributed by atoms with van der Waals surface area (Å²) in [6.45, 7) is 0.516. The van der Waals surface area contributed by atoms with Gasteiger partial charge in [0.05, 0.1) is 24.9 Å². The Balaban J connectivity index is 1.61. The van der Waals surface area contributed by atoms with Crippen molar-refractivity contribution < 1.29 is 9.13 Å². The summed E-state index contributed by atoms with van der Waals surface area (Å²) in [4.78, 5) is 18.1. The van der Waals surface area contributed by atoms with Crippen LogP contribution in [-0.4, -0.2) is 27.0 Å². The van der Waals surface area contributed by atoms with Gasteiger partial charge in [-0.25, -0.2) is 14.4 Å². The monoisotopic (exact) mass is 437 g/mol. The first-order chi connectivity index (χ1) is 16.2. The lowest BCUT2D eigenvalue weighted by molar-refractivity contribution is 0.411. The van der Waals surface area contributed by atoms with Crippen LogP contribution in [0.1, 0.15) is 5.69 Å². The van der Waals surface area contributed by atoms with Crippen molar-refractivity contribution >= 4 is 16.7 Å². The Morgan fingerprint density at radius 2 is 1.82 bits per heavy atom. The molecule has 7 heteroatoms. The molecule has 3 aromatic heterocycles. The van der Waals surface area contributed by atoms with E-state index >= 15 is 0 Å². The van der Waals surface area contributed by atoms with Crippen LogP contribution in [0.5, 0.6) is 5.75 Å². The van der Waals surface area contributed by atoms with E-state index in [2.05, 4.69) is 15.3 Å². The van der Waals surface area contributed by atoms with Gasteiger partial charge < -0.3 is 10.1 Å². The minimum absolute atomic E-state index is 0.360. The Labute approximate surface area is 190 Å². The molecular weight excluding hydrogens is 417 g/mol. The van der Waals surface area contributed by atoms with E-state index in [1.807, 2.05) is 48.5 Å². The lowest BCUT2D eigenvalue weighted by Gasteiger charge is -2.12. The summed E-state index contributed by atoms with van der Waals surface area (Å²) in [6.07, 6.45) is 5.20. The van der Waals surface area contributed by atoms with Gasteiger partial charge in [0.2, 0.25) is 0 Å². The maximum absolute atomic E-state index is 14.1. The highest BCUT2D eigenvalue weighted by atomic mass is 19.1. The van der Waals surface area contributed by atoms with Crippen molar-refractivity contribution in [3.63, 3.8) is 0 Å². The highest BCUT2D eigenvalue weighted by Crippen LogP contribution is 2.31. The molecule has 0 atom stereocenters. The van der Waals surface area contributed by atoms with E-state index in [0.717, 1.165) is 27.7 Å². The van der Waals surface area contributed by atoms with Crippen molar-refractivity contribution in [1.82, 2.24) is 19.9 Å². The first-order valence-corrected chi connectivity index (χ1v) is 10.4. The van der Waals surface area contributed by atoms with Gasteiger partial charge >= 0.3 is 0 Å². The molecule has 0 amide bonds. The van der Waals surface area contributed by atoms with Gasteiger partial charge in [-0.2, -0.15) is 0 Å². The molecule has 0 saturated heterocycles. The average molecular weight is 437 g/mol. The van der Waals surface area contributed by atoms with Gasteiger partial charge in [-0.15, -0.1) is 0 Å².